The Balaban J connectivity index is 1.87. The van der Waals surface area contributed by atoms with E-state index >= 15 is 0 Å². The van der Waals surface area contributed by atoms with Gasteiger partial charge in [-0.25, -0.2) is 4.39 Å². The molecule has 0 aliphatic heterocycles. The van der Waals surface area contributed by atoms with E-state index < -0.39 is 5.67 Å². The van der Waals surface area contributed by atoms with Crippen LogP contribution in [-0.4, -0.2) is 6.04 Å². The molecule has 3 rings (SSSR count). The molecular weight excluding hydrogens is 213 g/mol. The number of alkyl halides is 1. The van der Waals surface area contributed by atoms with E-state index in [0.717, 1.165) is 12.0 Å². The maximum Gasteiger partial charge on any atom is 0.137 e. The highest BCUT2D eigenvalue weighted by atomic mass is 19.1. The average Bonchev–Trinajstić information content (AvgIpc) is 2.58. The summed E-state index contributed by atoms with van der Waals surface area (Å²) in [6, 6.07) is 8.20. The molecule has 0 amide bonds. The Labute approximate surface area is 102 Å². The van der Waals surface area contributed by atoms with Crippen molar-refractivity contribution >= 4 is 0 Å². The Morgan fingerprint density at radius 2 is 2.06 bits per heavy atom. The van der Waals surface area contributed by atoms with Crippen molar-refractivity contribution in [1.82, 2.24) is 0 Å². The minimum Gasteiger partial charge on any atom is -0.328 e. The summed E-state index contributed by atoms with van der Waals surface area (Å²) in [5.41, 5.74) is 6.86. The number of nitrogens with two attached hydrogens (primary N) is 1. The molecule has 0 spiro atoms. The number of benzene rings is 1. The zero-order chi connectivity index (χ0) is 11.9. The molecule has 1 aromatic rings. The van der Waals surface area contributed by atoms with Crippen LogP contribution < -0.4 is 5.73 Å². The lowest BCUT2D eigenvalue weighted by molar-refractivity contribution is 0.172. The van der Waals surface area contributed by atoms with Gasteiger partial charge < -0.3 is 5.73 Å². The lowest BCUT2D eigenvalue weighted by Crippen LogP contribution is -2.21. The number of rotatable bonds is 2. The second-order valence-corrected chi connectivity index (χ2v) is 5.72. The average molecular weight is 233 g/mol. The first-order valence-corrected chi connectivity index (χ1v) is 6.72. The van der Waals surface area contributed by atoms with Crippen LogP contribution in [0.3, 0.4) is 0 Å². The molecule has 17 heavy (non-hydrogen) atoms. The van der Waals surface area contributed by atoms with E-state index in [1.54, 1.807) is 0 Å². The minimum atomic E-state index is -1.17. The molecular formula is C15H20FN. The third-order valence-corrected chi connectivity index (χ3v) is 4.48. The fourth-order valence-corrected chi connectivity index (χ4v) is 3.11. The predicted molar refractivity (Wildman–Crippen MR) is 67.6 cm³/mol. The molecule has 2 fully saturated rings. The quantitative estimate of drug-likeness (QED) is 0.829. The van der Waals surface area contributed by atoms with Crippen LogP contribution in [0.15, 0.2) is 24.3 Å². The number of hydrogen-bond donors (Lipinski definition) is 1. The molecule has 0 bridgehead atoms. The van der Waals surface area contributed by atoms with Crippen LogP contribution in [0.25, 0.3) is 0 Å². The summed E-state index contributed by atoms with van der Waals surface area (Å²) in [6.07, 6.45) is 5.73. The van der Waals surface area contributed by atoms with Crippen LogP contribution in [0, 0.1) is 0 Å². The molecule has 1 nitrogen and oxygen atoms in total. The molecule has 0 radical (unpaired) electrons. The van der Waals surface area contributed by atoms with Crippen molar-refractivity contribution in [3.05, 3.63) is 35.4 Å². The molecule has 0 heterocycles. The largest absolute Gasteiger partial charge is 0.328 e. The molecule has 2 N–H and O–H groups in total. The van der Waals surface area contributed by atoms with Gasteiger partial charge in [0, 0.05) is 12.5 Å². The number of halogens is 1. The summed E-state index contributed by atoms with van der Waals surface area (Å²) in [7, 11) is 0. The van der Waals surface area contributed by atoms with Crippen molar-refractivity contribution in [2.45, 2.75) is 56.2 Å². The smallest absolute Gasteiger partial charge is 0.137 e. The molecule has 2 atom stereocenters. The van der Waals surface area contributed by atoms with Gasteiger partial charge in [-0.2, -0.15) is 0 Å². The maximum absolute atomic E-state index is 14.8. The van der Waals surface area contributed by atoms with Gasteiger partial charge in [0.05, 0.1) is 0 Å². The summed E-state index contributed by atoms with van der Waals surface area (Å²) < 4.78 is 14.8. The van der Waals surface area contributed by atoms with E-state index in [1.165, 1.54) is 24.8 Å². The van der Waals surface area contributed by atoms with Crippen LogP contribution in [-0.2, 0) is 5.67 Å². The van der Waals surface area contributed by atoms with Crippen LogP contribution in [0.5, 0.6) is 0 Å². The Kier molecular flexibility index (Phi) is 2.70. The van der Waals surface area contributed by atoms with Gasteiger partial charge in [-0.3, -0.25) is 0 Å². The molecule has 0 aromatic heterocycles. The van der Waals surface area contributed by atoms with Gasteiger partial charge in [-0.05, 0) is 42.7 Å². The van der Waals surface area contributed by atoms with E-state index in [2.05, 4.69) is 12.1 Å². The lowest BCUT2D eigenvalue weighted by Gasteiger charge is -2.28. The summed E-state index contributed by atoms with van der Waals surface area (Å²) >= 11 is 0. The van der Waals surface area contributed by atoms with Crippen LogP contribution in [0.1, 0.15) is 55.6 Å². The van der Waals surface area contributed by atoms with Crippen molar-refractivity contribution in [1.29, 1.82) is 0 Å². The molecule has 2 unspecified atom stereocenters. The third kappa shape index (κ3) is 1.99. The first-order chi connectivity index (χ1) is 8.17. The normalized spacial score (nSPS) is 33.6. The monoisotopic (exact) mass is 233 g/mol. The fraction of sp³-hybridized carbons (Fsp3) is 0.600. The van der Waals surface area contributed by atoms with Gasteiger partial charge in [0.2, 0.25) is 0 Å². The maximum atomic E-state index is 14.8. The molecule has 2 aliphatic carbocycles. The van der Waals surface area contributed by atoms with Crippen molar-refractivity contribution in [3.8, 4) is 0 Å². The van der Waals surface area contributed by atoms with Crippen LogP contribution in [0.2, 0.25) is 0 Å². The SMILES string of the molecule is NC1CCC(F)(c2cccc(C3CCC3)c2)C1. The van der Waals surface area contributed by atoms with E-state index in [0.29, 0.717) is 18.8 Å². The van der Waals surface area contributed by atoms with Gasteiger partial charge in [0.15, 0.2) is 0 Å². The van der Waals surface area contributed by atoms with Crippen LogP contribution in [0.4, 0.5) is 4.39 Å². The minimum absolute atomic E-state index is 0.0346. The lowest BCUT2D eigenvalue weighted by atomic mass is 9.78. The second-order valence-electron chi connectivity index (χ2n) is 5.72. The van der Waals surface area contributed by atoms with E-state index in [9.17, 15) is 4.39 Å². The first kappa shape index (κ1) is 11.2. The zero-order valence-corrected chi connectivity index (χ0v) is 10.2. The predicted octanol–water partition coefficient (Wildman–Crippen LogP) is 3.63. The molecule has 0 saturated heterocycles. The number of hydrogen-bond acceptors (Lipinski definition) is 1. The molecule has 2 heteroatoms. The molecule has 2 saturated carbocycles. The summed E-state index contributed by atoms with van der Waals surface area (Å²) in [5.74, 6) is 0.675. The summed E-state index contributed by atoms with van der Waals surface area (Å²) in [5, 5.41) is 0. The topological polar surface area (TPSA) is 26.0 Å². The van der Waals surface area contributed by atoms with E-state index in [4.69, 9.17) is 5.73 Å². The summed E-state index contributed by atoms with van der Waals surface area (Å²) in [6.45, 7) is 0. The first-order valence-electron chi connectivity index (χ1n) is 6.72. The van der Waals surface area contributed by atoms with Gasteiger partial charge in [0.25, 0.3) is 0 Å². The van der Waals surface area contributed by atoms with Crippen molar-refractivity contribution in [2.75, 3.05) is 0 Å². The Morgan fingerprint density at radius 3 is 2.65 bits per heavy atom. The highest BCUT2D eigenvalue weighted by molar-refractivity contribution is 5.32. The Morgan fingerprint density at radius 1 is 1.24 bits per heavy atom. The third-order valence-electron chi connectivity index (χ3n) is 4.48. The highest BCUT2D eigenvalue weighted by Crippen LogP contribution is 2.44. The summed E-state index contributed by atoms with van der Waals surface area (Å²) in [4.78, 5) is 0. The van der Waals surface area contributed by atoms with Crippen molar-refractivity contribution < 1.29 is 4.39 Å². The Hall–Kier alpha value is -0.890. The van der Waals surface area contributed by atoms with E-state index in [1.807, 2.05) is 12.1 Å². The highest BCUT2D eigenvalue weighted by Gasteiger charge is 2.39. The van der Waals surface area contributed by atoms with Gasteiger partial charge in [-0.1, -0.05) is 30.7 Å². The Bertz CT molecular complexity index is 413. The van der Waals surface area contributed by atoms with Crippen molar-refractivity contribution in [3.63, 3.8) is 0 Å². The molecule has 2 aliphatic rings. The molecule has 92 valence electrons. The van der Waals surface area contributed by atoms with Gasteiger partial charge in [-0.15, -0.1) is 0 Å². The zero-order valence-electron chi connectivity index (χ0n) is 10.2. The van der Waals surface area contributed by atoms with Crippen LogP contribution >= 0.6 is 0 Å². The van der Waals surface area contributed by atoms with Gasteiger partial charge in [0.1, 0.15) is 5.67 Å². The fourth-order valence-electron chi connectivity index (χ4n) is 3.11. The molecule has 1 aromatic carbocycles. The standard InChI is InChI=1S/C15H20FN/c16-15(8-7-14(17)10-15)13-6-2-5-12(9-13)11-3-1-4-11/h2,5-6,9,11,14H,1,3-4,7-8,10,17H2. The second kappa shape index (κ2) is 4.09. The van der Waals surface area contributed by atoms with Gasteiger partial charge >= 0.3 is 0 Å². The van der Waals surface area contributed by atoms with E-state index in [-0.39, 0.29) is 6.04 Å². The van der Waals surface area contributed by atoms with Crippen molar-refractivity contribution in [2.24, 2.45) is 5.73 Å².